The second-order valence-electron chi connectivity index (χ2n) is 9.62. The van der Waals surface area contributed by atoms with E-state index in [0.717, 1.165) is 18.6 Å². The van der Waals surface area contributed by atoms with Gasteiger partial charge in [0.25, 0.3) is 0 Å². The van der Waals surface area contributed by atoms with Crippen molar-refractivity contribution in [3.63, 3.8) is 0 Å². The van der Waals surface area contributed by atoms with Crippen molar-refractivity contribution in [3.05, 3.63) is 144 Å². The minimum atomic E-state index is -1.65. The van der Waals surface area contributed by atoms with E-state index in [1.54, 1.807) is 11.1 Å². The summed E-state index contributed by atoms with van der Waals surface area (Å²) in [5.74, 6) is 0. The molecule has 0 radical (unpaired) electrons. The van der Waals surface area contributed by atoms with Gasteiger partial charge in [-0.25, -0.2) is 0 Å². The van der Waals surface area contributed by atoms with E-state index in [0.29, 0.717) is 0 Å². The van der Waals surface area contributed by atoms with Crippen LogP contribution in [0.4, 0.5) is 11.4 Å². The number of hydrogen-bond acceptors (Lipinski definition) is 2. The van der Waals surface area contributed by atoms with Crippen molar-refractivity contribution in [1.29, 1.82) is 0 Å². The Labute approximate surface area is 236 Å². The molecule has 2 atom stereocenters. The zero-order chi connectivity index (χ0) is 26.7. The Kier molecular flexibility index (Phi) is 10.6. The van der Waals surface area contributed by atoms with Crippen molar-refractivity contribution in [2.24, 2.45) is 0 Å². The molecule has 2 N–H and O–H groups in total. The molecule has 4 aromatic rings. The fourth-order valence-electron chi connectivity index (χ4n) is 5.07. The SMILES string of the molecule is CNc1ccccc1.CNc1ccccc1.C[Si](C)=[Zr]([CH]1C=Cc2ccccc21)[CH]1C=Cc2ccccc21. The van der Waals surface area contributed by atoms with Crippen LogP contribution in [0.2, 0.25) is 13.1 Å². The molecule has 0 bridgehead atoms. The van der Waals surface area contributed by atoms with Crippen molar-refractivity contribution in [1.82, 2.24) is 0 Å². The number of hydrogen-bond donors (Lipinski definition) is 2. The van der Waals surface area contributed by atoms with Gasteiger partial charge >= 0.3 is 141 Å². The van der Waals surface area contributed by atoms with Crippen LogP contribution in [0.1, 0.15) is 29.5 Å². The first kappa shape index (κ1) is 28.1. The zero-order valence-electron chi connectivity index (χ0n) is 22.9. The van der Waals surface area contributed by atoms with Crippen LogP contribution in [-0.2, 0) is 20.4 Å². The molecule has 2 aliphatic carbocycles. The van der Waals surface area contributed by atoms with Crippen molar-refractivity contribution >= 4 is 29.0 Å². The molecule has 2 nitrogen and oxygen atoms in total. The fourth-order valence-corrected chi connectivity index (χ4v) is 23.8. The third-order valence-electron chi connectivity index (χ3n) is 6.97. The number of fused-ring (bicyclic) bond motifs is 2. The summed E-state index contributed by atoms with van der Waals surface area (Å²) >= 11 is -1.65. The van der Waals surface area contributed by atoms with E-state index < -0.39 is 20.4 Å². The van der Waals surface area contributed by atoms with Crippen molar-refractivity contribution in [2.45, 2.75) is 20.3 Å². The summed E-state index contributed by atoms with van der Waals surface area (Å²) in [4.78, 5) is 0. The molecule has 0 spiro atoms. The molecule has 0 saturated carbocycles. The van der Waals surface area contributed by atoms with Crippen molar-refractivity contribution in [2.75, 3.05) is 24.7 Å². The fraction of sp³-hybridized carbons (Fsp3) is 0.176. The third-order valence-corrected chi connectivity index (χ3v) is 26.1. The molecule has 0 saturated heterocycles. The van der Waals surface area contributed by atoms with Crippen molar-refractivity contribution in [3.8, 4) is 0 Å². The second-order valence-corrected chi connectivity index (χ2v) is 27.7. The van der Waals surface area contributed by atoms with Gasteiger partial charge in [0.05, 0.1) is 0 Å². The molecule has 2 unspecified atom stereocenters. The van der Waals surface area contributed by atoms with Crippen LogP contribution in [0.5, 0.6) is 0 Å². The number of rotatable bonds is 4. The number of benzene rings is 4. The summed E-state index contributed by atoms with van der Waals surface area (Å²) in [5, 5.41) is 6.05. The molecule has 6 rings (SSSR count). The summed E-state index contributed by atoms with van der Waals surface area (Å²) in [7, 11) is 3.82. The Hall–Kier alpha value is -2.94. The molecule has 0 aromatic heterocycles. The Balaban J connectivity index is 0.000000172. The van der Waals surface area contributed by atoms with Crippen LogP contribution >= 0.6 is 0 Å². The zero-order valence-corrected chi connectivity index (χ0v) is 26.3. The second kappa shape index (κ2) is 14.3. The predicted octanol–water partition coefficient (Wildman–Crippen LogP) is 8.85. The Morgan fingerprint density at radius 2 is 0.895 bits per heavy atom. The summed E-state index contributed by atoms with van der Waals surface area (Å²) in [6.07, 6.45) is 9.81. The Morgan fingerprint density at radius 3 is 1.24 bits per heavy atom. The van der Waals surface area contributed by atoms with Gasteiger partial charge < -0.3 is 10.6 Å². The van der Waals surface area contributed by atoms with E-state index in [4.69, 9.17) is 0 Å². The number of nitrogens with one attached hydrogen (secondary N) is 2. The van der Waals surface area contributed by atoms with E-state index in [1.807, 2.05) is 74.8 Å². The van der Waals surface area contributed by atoms with Gasteiger partial charge in [0.2, 0.25) is 0 Å². The van der Waals surface area contributed by atoms with Gasteiger partial charge in [-0.05, 0) is 24.3 Å². The van der Waals surface area contributed by atoms with Crippen LogP contribution in [0.3, 0.4) is 0 Å². The molecule has 0 fully saturated rings. The Morgan fingerprint density at radius 1 is 0.526 bits per heavy atom. The van der Waals surface area contributed by atoms with Gasteiger partial charge in [-0.15, -0.1) is 0 Å². The number of anilines is 2. The summed E-state index contributed by atoms with van der Waals surface area (Å²) in [6, 6.07) is 38.2. The van der Waals surface area contributed by atoms with Gasteiger partial charge in [0.1, 0.15) is 0 Å². The molecule has 0 heterocycles. The van der Waals surface area contributed by atoms with Gasteiger partial charge in [0, 0.05) is 25.5 Å². The van der Waals surface area contributed by atoms with Crippen LogP contribution in [-0.4, -0.2) is 19.5 Å². The number of allylic oxidation sites excluding steroid dienone is 2. The van der Waals surface area contributed by atoms with Crippen LogP contribution < -0.4 is 10.6 Å². The molecule has 4 heteroatoms. The van der Waals surface area contributed by atoms with Gasteiger partial charge in [0.15, 0.2) is 0 Å². The number of para-hydroxylation sites is 2. The van der Waals surface area contributed by atoms with Gasteiger partial charge in [-0.1, -0.05) is 36.4 Å². The Bertz CT molecular complexity index is 1300. The van der Waals surface area contributed by atoms with E-state index >= 15 is 0 Å². The normalized spacial score (nSPS) is 15.7. The molecule has 2 aliphatic rings. The van der Waals surface area contributed by atoms with E-state index in [2.05, 4.69) is 96.6 Å². The molecule has 0 aliphatic heterocycles. The molecule has 4 aromatic carbocycles. The monoisotopic (exact) mass is 592 g/mol. The first-order chi connectivity index (χ1) is 18.6. The van der Waals surface area contributed by atoms with E-state index in [1.165, 1.54) is 11.1 Å². The van der Waals surface area contributed by atoms with E-state index in [-0.39, 0.29) is 5.43 Å². The van der Waals surface area contributed by atoms with Gasteiger partial charge in [-0.2, -0.15) is 0 Å². The van der Waals surface area contributed by atoms with Crippen molar-refractivity contribution < 1.29 is 20.4 Å². The summed E-state index contributed by atoms with van der Waals surface area (Å²) < 4.78 is 1.53. The molecule has 0 amide bonds. The van der Waals surface area contributed by atoms with Crippen LogP contribution in [0.15, 0.2) is 121 Å². The first-order valence-electron chi connectivity index (χ1n) is 13.3. The molecule has 38 heavy (non-hydrogen) atoms. The predicted molar refractivity (Wildman–Crippen MR) is 166 cm³/mol. The first-order valence-corrected chi connectivity index (χ1v) is 22.3. The average Bonchev–Trinajstić information content (AvgIpc) is 3.60. The molecular formula is C34H38N2SiZr. The quantitative estimate of drug-likeness (QED) is 0.231. The summed E-state index contributed by atoms with van der Waals surface area (Å²) in [5.41, 5.74) is 8.24. The topological polar surface area (TPSA) is 24.1 Å². The molecular weight excluding hydrogens is 556 g/mol. The minimum absolute atomic E-state index is 0.228. The third kappa shape index (κ3) is 7.12. The van der Waals surface area contributed by atoms with E-state index in [9.17, 15) is 0 Å². The molecule has 192 valence electrons. The average molecular weight is 594 g/mol. The van der Waals surface area contributed by atoms with Gasteiger partial charge in [-0.3, -0.25) is 0 Å². The summed E-state index contributed by atoms with van der Waals surface area (Å²) in [6.45, 7) is 5.12. The van der Waals surface area contributed by atoms with Crippen LogP contribution in [0.25, 0.3) is 12.2 Å². The van der Waals surface area contributed by atoms with Crippen LogP contribution in [0, 0.1) is 0 Å². The maximum absolute atomic E-state index is 3.03. The maximum atomic E-state index is 3.03. The standard InChI is InChI=1S/2C9H7.2C7H9N.C2H6Si.Zr/c2*1-2-5-9-7-3-6-8(9)4-1;2*1-8-7-5-3-2-4-6-7;1-3-2;/h2*1-7H;2*2-6,8H,1H3;1-2H3;.